The Labute approximate surface area is 146 Å². The summed E-state index contributed by atoms with van der Waals surface area (Å²) in [6.45, 7) is 0. The molecule has 0 aliphatic carbocycles. The minimum Gasteiger partial charge on any atom is -0.465 e. The van der Waals surface area contributed by atoms with Crippen LogP contribution in [0.5, 0.6) is 0 Å². The third-order valence-corrected chi connectivity index (χ3v) is 4.63. The van der Waals surface area contributed by atoms with Crippen molar-refractivity contribution in [1.82, 2.24) is 0 Å². The fraction of sp³-hybridized carbons (Fsp3) is 0.0588. The summed E-state index contributed by atoms with van der Waals surface area (Å²) in [5.41, 5.74) is 0.547. The Kier molecular flexibility index (Phi) is 4.44. The van der Waals surface area contributed by atoms with Crippen LogP contribution in [0.4, 0.5) is 11.4 Å². The number of carbonyl (C=O) groups is 2. The number of hydrogen-bond acceptors (Lipinski definition) is 6. The number of nitrogens with zero attached hydrogens (tertiary/aromatic N) is 1. The monoisotopic (exact) mass is 356 g/mol. The second-order valence-electron chi connectivity index (χ2n) is 5.08. The molecule has 0 unspecified atom stereocenters. The number of ether oxygens (including phenoxy) is 1. The number of amides is 1. The van der Waals surface area contributed by atoms with E-state index in [0.29, 0.717) is 16.0 Å². The van der Waals surface area contributed by atoms with Gasteiger partial charge in [0.1, 0.15) is 0 Å². The van der Waals surface area contributed by atoms with E-state index in [2.05, 4.69) is 5.32 Å². The fourth-order valence-corrected chi connectivity index (χ4v) is 3.26. The molecule has 1 amide bonds. The number of para-hydroxylation sites is 1. The maximum atomic E-state index is 12.5. The Morgan fingerprint density at radius 2 is 1.92 bits per heavy atom. The van der Waals surface area contributed by atoms with Crippen LogP contribution in [0.25, 0.3) is 10.1 Å². The van der Waals surface area contributed by atoms with Gasteiger partial charge in [-0.1, -0.05) is 12.1 Å². The largest absolute Gasteiger partial charge is 0.465 e. The van der Waals surface area contributed by atoms with Crippen LogP contribution in [-0.4, -0.2) is 23.9 Å². The van der Waals surface area contributed by atoms with E-state index in [9.17, 15) is 19.7 Å². The molecule has 25 heavy (non-hydrogen) atoms. The molecule has 7 nitrogen and oxygen atoms in total. The van der Waals surface area contributed by atoms with E-state index < -0.39 is 16.8 Å². The maximum Gasteiger partial charge on any atom is 0.339 e. The van der Waals surface area contributed by atoms with Crippen LogP contribution < -0.4 is 5.32 Å². The molecule has 0 saturated carbocycles. The van der Waals surface area contributed by atoms with Crippen LogP contribution in [0.15, 0.2) is 48.5 Å². The van der Waals surface area contributed by atoms with Crippen molar-refractivity contribution in [1.29, 1.82) is 0 Å². The summed E-state index contributed by atoms with van der Waals surface area (Å²) < 4.78 is 5.46. The van der Waals surface area contributed by atoms with E-state index >= 15 is 0 Å². The van der Waals surface area contributed by atoms with Crippen molar-refractivity contribution < 1.29 is 19.2 Å². The minimum absolute atomic E-state index is 0.0340. The standard InChI is InChI=1S/C17H12N2O5S/c1-24-17(21)12-4-2-3-5-13(12)18-16(20)15-9-10-8-11(19(22)23)6-7-14(10)25-15/h2-9H,1H3,(H,18,20). The first kappa shape index (κ1) is 16.6. The van der Waals surface area contributed by atoms with Gasteiger partial charge in [0.15, 0.2) is 0 Å². The van der Waals surface area contributed by atoms with Gasteiger partial charge >= 0.3 is 5.97 Å². The lowest BCUT2D eigenvalue weighted by molar-refractivity contribution is -0.384. The molecule has 3 rings (SSSR count). The molecule has 1 N–H and O–H groups in total. The van der Waals surface area contributed by atoms with Gasteiger partial charge in [-0.3, -0.25) is 14.9 Å². The molecule has 0 bridgehead atoms. The minimum atomic E-state index is -0.553. The Hall–Kier alpha value is -3.26. The van der Waals surface area contributed by atoms with Crippen LogP contribution in [0.3, 0.4) is 0 Å². The molecule has 0 atom stereocenters. The van der Waals surface area contributed by atoms with Crippen molar-refractivity contribution >= 4 is 44.7 Å². The topological polar surface area (TPSA) is 98.5 Å². The van der Waals surface area contributed by atoms with E-state index in [1.165, 1.54) is 30.6 Å². The smallest absolute Gasteiger partial charge is 0.339 e. The van der Waals surface area contributed by atoms with Gasteiger partial charge in [0, 0.05) is 22.2 Å². The summed E-state index contributed by atoms with van der Waals surface area (Å²) in [4.78, 5) is 35.0. The van der Waals surface area contributed by atoms with Crippen LogP contribution in [0.1, 0.15) is 20.0 Å². The molecule has 0 radical (unpaired) electrons. The zero-order valence-electron chi connectivity index (χ0n) is 13.0. The molecule has 0 saturated heterocycles. The Morgan fingerprint density at radius 3 is 2.64 bits per heavy atom. The number of nitro groups is 1. The van der Waals surface area contributed by atoms with E-state index in [-0.39, 0.29) is 11.3 Å². The van der Waals surface area contributed by atoms with Crippen molar-refractivity contribution in [3.8, 4) is 0 Å². The van der Waals surface area contributed by atoms with Gasteiger partial charge in [-0.25, -0.2) is 4.79 Å². The highest BCUT2D eigenvalue weighted by Gasteiger charge is 2.17. The molecule has 0 aliphatic heterocycles. The summed E-state index contributed by atoms with van der Waals surface area (Å²) in [6.07, 6.45) is 0. The SMILES string of the molecule is COC(=O)c1ccccc1NC(=O)c1cc2cc([N+](=O)[O-])ccc2s1. The number of nitrogens with one attached hydrogen (secondary N) is 1. The van der Waals surface area contributed by atoms with Crippen LogP contribution in [0, 0.1) is 10.1 Å². The quantitative estimate of drug-likeness (QED) is 0.435. The predicted octanol–water partition coefficient (Wildman–Crippen LogP) is 3.85. The number of thiophene rings is 1. The summed E-state index contributed by atoms with van der Waals surface area (Å²) in [6, 6.07) is 12.5. The van der Waals surface area contributed by atoms with Gasteiger partial charge in [-0.05, 0) is 24.3 Å². The first-order valence-corrected chi connectivity index (χ1v) is 7.98. The zero-order chi connectivity index (χ0) is 18.0. The maximum absolute atomic E-state index is 12.5. The molecule has 0 fully saturated rings. The molecule has 126 valence electrons. The molecule has 1 heterocycles. The average molecular weight is 356 g/mol. The third kappa shape index (κ3) is 3.33. The number of anilines is 1. The lowest BCUT2D eigenvalue weighted by Crippen LogP contribution is -2.14. The number of hydrogen-bond donors (Lipinski definition) is 1. The lowest BCUT2D eigenvalue weighted by Gasteiger charge is -2.08. The van der Waals surface area contributed by atoms with Gasteiger partial charge < -0.3 is 10.1 Å². The van der Waals surface area contributed by atoms with Crippen molar-refractivity contribution in [2.24, 2.45) is 0 Å². The normalized spacial score (nSPS) is 10.4. The summed E-state index contributed by atoms with van der Waals surface area (Å²) in [5.74, 6) is -0.955. The number of non-ortho nitro benzene ring substituents is 1. The number of esters is 1. The van der Waals surface area contributed by atoms with E-state index in [1.54, 1.807) is 36.4 Å². The molecule has 1 aromatic heterocycles. The molecule has 8 heteroatoms. The van der Waals surface area contributed by atoms with Crippen LogP contribution in [-0.2, 0) is 4.74 Å². The predicted molar refractivity (Wildman–Crippen MR) is 94.2 cm³/mol. The average Bonchev–Trinajstić information content (AvgIpc) is 3.04. The first-order valence-electron chi connectivity index (χ1n) is 7.16. The molecular weight excluding hydrogens is 344 g/mol. The lowest BCUT2D eigenvalue weighted by atomic mass is 10.1. The van der Waals surface area contributed by atoms with Crippen molar-refractivity contribution in [3.63, 3.8) is 0 Å². The number of fused-ring (bicyclic) bond motifs is 1. The number of rotatable bonds is 4. The van der Waals surface area contributed by atoms with Gasteiger partial charge in [-0.15, -0.1) is 11.3 Å². The number of methoxy groups -OCH3 is 1. The van der Waals surface area contributed by atoms with Gasteiger partial charge in [0.2, 0.25) is 0 Å². The van der Waals surface area contributed by atoms with Crippen LogP contribution in [0.2, 0.25) is 0 Å². The highest BCUT2D eigenvalue weighted by molar-refractivity contribution is 7.20. The Morgan fingerprint density at radius 1 is 1.16 bits per heavy atom. The molecule has 0 spiro atoms. The van der Waals surface area contributed by atoms with Gasteiger partial charge in [0.05, 0.1) is 28.2 Å². The fourth-order valence-electron chi connectivity index (χ4n) is 2.32. The van der Waals surface area contributed by atoms with Crippen LogP contribution >= 0.6 is 11.3 Å². The van der Waals surface area contributed by atoms with Crippen molar-refractivity contribution in [2.75, 3.05) is 12.4 Å². The summed E-state index contributed by atoms with van der Waals surface area (Å²) in [7, 11) is 1.26. The molecule has 0 aliphatic rings. The van der Waals surface area contributed by atoms with Gasteiger partial charge in [0.25, 0.3) is 11.6 Å². The second-order valence-corrected chi connectivity index (χ2v) is 6.16. The van der Waals surface area contributed by atoms with Crippen molar-refractivity contribution in [2.45, 2.75) is 0 Å². The molecule has 3 aromatic rings. The van der Waals surface area contributed by atoms with Crippen molar-refractivity contribution in [3.05, 3.63) is 69.1 Å². The third-order valence-electron chi connectivity index (χ3n) is 3.52. The Bertz CT molecular complexity index is 996. The molecule has 2 aromatic carbocycles. The zero-order valence-corrected chi connectivity index (χ0v) is 13.8. The number of benzene rings is 2. The number of carbonyl (C=O) groups excluding carboxylic acids is 2. The van der Waals surface area contributed by atoms with E-state index in [4.69, 9.17) is 4.74 Å². The first-order chi connectivity index (χ1) is 12.0. The molecular formula is C17H12N2O5S. The van der Waals surface area contributed by atoms with E-state index in [1.807, 2.05) is 0 Å². The number of nitro benzene ring substituents is 1. The summed E-state index contributed by atoms with van der Waals surface area (Å²) in [5, 5.41) is 14.1. The van der Waals surface area contributed by atoms with Gasteiger partial charge in [-0.2, -0.15) is 0 Å². The summed E-state index contributed by atoms with van der Waals surface area (Å²) >= 11 is 1.21. The van der Waals surface area contributed by atoms with E-state index in [0.717, 1.165) is 4.70 Å². The highest BCUT2D eigenvalue weighted by atomic mass is 32.1. The Balaban J connectivity index is 1.91. The second kappa shape index (κ2) is 6.70. The highest BCUT2D eigenvalue weighted by Crippen LogP contribution is 2.29.